The topological polar surface area (TPSA) is 101 Å². The lowest BCUT2D eigenvalue weighted by Gasteiger charge is -2.19. The van der Waals surface area contributed by atoms with E-state index in [1.165, 1.54) is 6.08 Å². The first-order valence-corrected chi connectivity index (χ1v) is 7.39. The third-order valence-electron chi connectivity index (χ3n) is 2.52. The van der Waals surface area contributed by atoms with Crippen LogP contribution in [0.4, 0.5) is 0 Å². The van der Waals surface area contributed by atoms with E-state index in [1.54, 1.807) is 13.8 Å². The Morgan fingerprint density at radius 2 is 2.00 bits per heavy atom. The van der Waals surface area contributed by atoms with Gasteiger partial charge in [-0.1, -0.05) is 26.3 Å². The van der Waals surface area contributed by atoms with Crippen LogP contribution in [-0.2, 0) is 19.4 Å². The van der Waals surface area contributed by atoms with Crippen LogP contribution in [0.15, 0.2) is 12.7 Å². The number of sulfone groups is 1. The molecule has 0 fully saturated rings. The van der Waals surface area contributed by atoms with Crippen molar-refractivity contribution in [2.24, 2.45) is 5.92 Å². The molecule has 0 aliphatic heterocycles. The summed E-state index contributed by atoms with van der Waals surface area (Å²) in [5.41, 5.74) is 0. The summed E-state index contributed by atoms with van der Waals surface area (Å²) in [6.45, 7) is 6.75. The second-order valence-corrected chi connectivity index (χ2v) is 6.22. The van der Waals surface area contributed by atoms with Crippen LogP contribution in [0.25, 0.3) is 0 Å². The predicted molar refractivity (Wildman–Crippen MR) is 67.9 cm³/mol. The van der Waals surface area contributed by atoms with Crippen molar-refractivity contribution in [1.29, 1.82) is 0 Å². The van der Waals surface area contributed by atoms with Crippen LogP contribution in [0, 0.1) is 5.92 Å². The minimum absolute atomic E-state index is 0.270. The molecule has 0 aromatic carbocycles. The third kappa shape index (κ3) is 5.81. The number of aliphatic carboxylic acids is 1. The van der Waals surface area contributed by atoms with Crippen LogP contribution in [0.1, 0.15) is 20.3 Å². The zero-order valence-electron chi connectivity index (χ0n) is 10.5. The molecule has 7 heteroatoms. The first-order chi connectivity index (χ1) is 8.23. The van der Waals surface area contributed by atoms with Crippen LogP contribution in [0.2, 0.25) is 0 Å². The molecule has 104 valence electrons. The Hall–Kier alpha value is -1.37. The average Bonchev–Trinajstić information content (AvgIpc) is 2.23. The quantitative estimate of drug-likeness (QED) is 0.617. The highest BCUT2D eigenvalue weighted by Crippen LogP contribution is 2.08. The van der Waals surface area contributed by atoms with Gasteiger partial charge in [0.05, 0.1) is 5.75 Å². The normalized spacial score (nSPS) is 14.6. The van der Waals surface area contributed by atoms with Gasteiger partial charge in [0.2, 0.25) is 5.91 Å². The van der Waals surface area contributed by atoms with Crippen molar-refractivity contribution in [1.82, 2.24) is 5.32 Å². The number of nitrogens with one attached hydrogen (secondary N) is 1. The lowest BCUT2D eigenvalue weighted by atomic mass is 9.99. The maximum atomic E-state index is 11.5. The largest absolute Gasteiger partial charge is 0.480 e. The molecule has 0 spiro atoms. The molecule has 0 heterocycles. The van der Waals surface area contributed by atoms with Crippen LogP contribution in [-0.4, -0.2) is 42.9 Å². The summed E-state index contributed by atoms with van der Waals surface area (Å²) in [7, 11) is -3.56. The first kappa shape index (κ1) is 16.6. The van der Waals surface area contributed by atoms with Gasteiger partial charge in [-0.25, -0.2) is 13.2 Å². The fourth-order valence-corrected chi connectivity index (χ4v) is 2.30. The van der Waals surface area contributed by atoms with Gasteiger partial charge in [-0.15, -0.1) is 6.58 Å². The van der Waals surface area contributed by atoms with E-state index in [4.69, 9.17) is 5.11 Å². The molecule has 6 nitrogen and oxygen atoms in total. The number of carbonyl (C=O) groups excluding carboxylic acids is 1. The predicted octanol–water partition coefficient (Wildman–Crippen LogP) is 0.203. The Labute approximate surface area is 107 Å². The van der Waals surface area contributed by atoms with E-state index in [-0.39, 0.29) is 11.7 Å². The maximum absolute atomic E-state index is 11.5. The Bertz CT molecular complexity index is 415. The number of carboxylic acids is 1. The summed E-state index contributed by atoms with van der Waals surface area (Å²) in [6, 6.07) is -1.07. The second-order valence-electron chi connectivity index (χ2n) is 4.11. The molecular formula is C11H19NO5S. The van der Waals surface area contributed by atoms with Gasteiger partial charge in [0.15, 0.2) is 9.84 Å². The molecule has 0 rings (SSSR count). The standard InChI is InChI=1S/C11H19NO5S/c1-4-6-18(16,17)7-9(13)12-10(11(14)15)8(3)5-2/h4,8,10H,1,5-7H2,2-3H3,(H,12,13)(H,14,15). The van der Waals surface area contributed by atoms with Gasteiger partial charge in [0, 0.05) is 0 Å². The van der Waals surface area contributed by atoms with E-state index in [1.807, 2.05) is 0 Å². The van der Waals surface area contributed by atoms with Gasteiger partial charge in [-0.3, -0.25) is 4.79 Å². The average molecular weight is 277 g/mol. The van der Waals surface area contributed by atoms with Crippen molar-refractivity contribution >= 4 is 21.7 Å². The SMILES string of the molecule is C=CCS(=O)(=O)CC(=O)NC(C(=O)O)C(C)CC. The van der Waals surface area contributed by atoms with Crippen molar-refractivity contribution in [2.75, 3.05) is 11.5 Å². The Morgan fingerprint density at radius 3 is 2.39 bits per heavy atom. The van der Waals surface area contributed by atoms with Gasteiger partial charge in [0.25, 0.3) is 0 Å². The number of hydrogen-bond donors (Lipinski definition) is 2. The van der Waals surface area contributed by atoms with Gasteiger partial charge in [0.1, 0.15) is 11.8 Å². The molecule has 0 aliphatic carbocycles. The minimum Gasteiger partial charge on any atom is -0.480 e. The van der Waals surface area contributed by atoms with E-state index in [9.17, 15) is 18.0 Å². The molecule has 0 bridgehead atoms. The molecule has 0 aliphatic rings. The Kier molecular flexibility index (Phi) is 6.61. The fourth-order valence-electron chi connectivity index (χ4n) is 1.34. The van der Waals surface area contributed by atoms with Crippen molar-refractivity contribution in [3.05, 3.63) is 12.7 Å². The molecule has 0 aromatic heterocycles. The molecule has 0 aromatic rings. The summed E-state index contributed by atoms with van der Waals surface area (Å²) in [5.74, 6) is -3.27. The van der Waals surface area contributed by atoms with Crippen molar-refractivity contribution < 1.29 is 23.1 Å². The molecule has 18 heavy (non-hydrogen) atoms. The van der Waals surface area contributed by atoms with Gasteiger partial charge in [-0.05, 0) is 5.92 Å². The second kappa shape index (κ2) is 7.15. The molecule has 2 unspecified atom stereocenters. The van der Waals surface area contributed by atoms with E-state index >= 15 is 0 Å². The van der Waals surface area contributed by atoms with E-state index in [0.717, 1.165) is 0 Å². The van der Waals surface area contributed by atoms with Crippen LogP contribution in [0.5, 0.6) is 0 Å². The van der Waals surface area contributed by atoms with E-state index < -0.39 is 33.5 Å². The Morgan fingerprint density at radius 1 is 1.44 bits per heavy atom. The first-order valence-electron chi connectivity index (χ1n) is 5.57. The highest BCUT2D eigenvalue weighted by molar-refractivity contribution is 7.92. The highest BCUT2D eigenvalue weighted by atomic mass is 32.2. The van der Waals surface area contributed by atoms with Crippen molar-refractivity contribution in [2.45, 2.75) is 26.3 Å². The molecule has 0 radical (unpaired) electrons. The minimum atomic E-state index is -3.56. The van der Waals surface area contributed by atoms with Crippen LogP contribution in [0.3, 0.4) is 0 Å². The van der Waals surface area contributed by atoms with Crippen LogP contribution < -0.4 is 5.32 Å². The van der Waals surface area contributed by atoms with Gasteiger partial charge >= 0.3 is 5.97 Å². The summed E-state index contributed by atoms with van der Waals surface area (Å²) in [5, 5.41) is 11.2. The number of rotatable bonds is 8. The molecule has 2 atom stereocenters. The number of amides is 1. The van der Waals surface area contributed by atoms with Crippen LogP contribution >= 0.6 is 0 Å². The number of carboxylic acid groups (broad SMARTS) is 1. The van der Waals surface area contributed by atoms with Gasteiger partial charge in [-0.2, -0.15) is 0 Å². The summed E-state index contributed by atoms with van der Waals surface area (Å²) in [4.78, 5) is 22.4. The zero-order valence-corrected chi connectivity index (χ0v) is 11.4. The highest BCUT2D eigenvalue weighted by Gasteiger charge is 2.26. The smallest absolute Gasteiger partial charge is 0.326 e. The van der Waals surface area contributed by atoms with E-state index in [0.29, 0.717) is 6.42 Å². The number of hydrogen-bond acceptors (Lipinski definition) is 4. The lowest BCUT2D eigenvalue weighted by Crippen LogP contribution is -2.47. The molecule has 0 saturated heterocycles. The molecule has 1 amide bonds. The zero-order chi connectivity index (χ0) is 14.3. The number of carbonyl (C=O) groups is 2. The van der Waals surface area contributed by atoms with Crippen molar-refractivity contribution in [3.63, 3.8) is 0 Å². The summed E-state index contributed by atoms with van der Waals surface area (Å²) < 4.78 is 22.7. The lowest BCUT2D eigenvalue weighted by molar-refractivity contribution is -0.143. The van der Waals surface area contributed by atoms with Gasteiger partial charge < -0.3 is 10.4 Å². The molecule has 0 saturated carbocycles. The maximum Gasteiger partial charge on any atom is 0.326 e. The monoisotopic (exact) mass is 277 g/mol. The van der Waals surface area contributed by atoms with E-state index in [2.05, 4.69) is 11.9 Å². The molecule has 2 N–H and O–H groups in total. The third-order valence-corrected chi connectivity index (χ3v) is 3.96. The Balaban J connectivity index is 4.63. The molecular weight excluding hydrogens is 258 g/mol. The summed E-state index contributed by atoms with van der Waals surface area (Å²) >= 11 is 0. The van der Waals surface area contributed by atoms with Crippen molar-refractivity contribution in [3.8, 4) is 0 Å². The summed E-state index contributed by atoms with van der Waals surface area (Å²) in [6.07, 6.45) is 1.75. The fraction of sp³-hybridized carbons (Fsp3) is 0.636.